The van der Waals surface area contributed by atoms with E-state index in [2.05, 4.69) is 21.2 Å². The van der Waals surface area contributed by atoms with Crippen LogP contribution < -0.4 is 5.32 Å². The quantitative estimate of drug-likeness (QED) is 0.814. The molecule has 0 radical (unpaired) electrons. The van der Waals surface area contributed by atoms with Crippen LogP contribution in [0.15, 0.2) is 33.4 Å². The fraction of sp³-hybridized carbons (Fsp3) is 0.231. The van der Waals surface area contributed by atoms with Crippen LogP contribution in [-0.4, -0.2) is 6.54 Å². The van der Waals surface area contributed by atoms with Gasteiger partial charge in [-0.3, -0.25) is 0 Å². The molecule has 0 aliphatic rings. The summed E-state index contributed by atoms with van der Waals surface area (Å²) in [6.07, 6.45) is 0. The van der Waals surface area contributed by atoms with Crippen molar-refractivity contribution in [2.45, 2.75) is 13.0 Å². The highest BCUT2D eigenvalue weighted by Crippen LogP contribution is 2.32. The summed E-state index contributed by atoms with van der Waals surface area (Å²) in [5.74, 6) is -1.68. The second-order valence-electron chi connectivity index (χ2n) is 3.81. The molecule has 0 amide bonds. The van der Waals surface area contributed by atoms with E-state index in [0.29, 0.717) is 5.56 Å². The number of hydrogen-bond acceptors (Lipinski definition) is 2. The van der Waals surface area contributed by atoms with Gasteiger partial charge in [0.15, 0.2) is 11.6 Å². The van der Waals surface area contributed by atoms with Crippen LogP contribution in [0, 0.1) is 11.6 Å². The molecule has 1 atom stereocenters. The van der Waals surface area contributed by atoms with Crippen molar-refractivity contribution in [3.05, 3.63) is 56.2 Å². The lowest BCUT2D eigenvalue weighted by Gasteiger charge is -2.19. The molecule has 1 aromatic heterocycles. The fourth-order valence-corrected chi connectivity index (χ4v) is 3.05. The molecule has 0 aliphatic heterocycles. The van der Waals surface area contributed by atoms with Crippen LogP contribution in [0.3, 0.4) is 0 Å². The maximum atomic E-state index is 13.6. The SMILES string of the molecule is CCNC(c1ccsc1)c1ccc(F)c(F)c1Br. The van der Waals surface area contributed by atoms with E-state index in [9.17, 15) is 8.78 Å². The van der Waals surface area contributed by atoms with Crippen molar-refractivity contribution >= 4 is 27.3 Å². The van der Waals surface area contributed by atoms with Crippen LogP contribution >= 0.6 is 27.3 Å². The summed E-state index contributed by atoms with van der Waals surface area (Å²) >= 11 is 4.71. The first kappa shape index (κ1) is 13.6. The van der Waals surface area contributed by atoms with Gasteiger partial charge < -0.3 is 5.32 Å². The fourth-order valence-electron chi connectivity index (χ4n) is 1.81. The van der Waals surface area contributed by atoms with Crippen molar-refractivity contribution in [3.63, 3.8) is 0 Å². The lowest BCUT2D eigenvalue weighted by Crippen LogP contribution is -2.22. The van der Waals surface area contributed by atoms with Gasteiger partial charge in [-0.05, 0) is 56.5 Å². The second-order valence-corrected chi connectivity index (χ2v) is 5.38. The van der Waals surface area contributed by atoms with E-state index in [1.807, 2.05) is 23.8 Å². The molecule has 2 aromatic rings. The molecule has 0 fully saturated rings. The number of rotatable bonds is 4. The predicted molar refractivity (Wildman–Crippen MR) is 73.9 cm³/mol. The summed E-state index contributed by atoms with van der Waals surface area (Å²) in [4.78, 5) is 0. The average Bonchev–Trinajstić information content (AvgIpc) is 2.88. The van der Waals surface area contributed by atoms with Crippen molar-refractivity contribution in [1.29, 1.82) is 0 Å². The molecule has 0 saturated heterocycles. The first-order valence-electron chi connectivity index (χ1n) is 5.54. The Morgan fingerprint density at radius 2 is 2.11 bits per heavy atom. The highest BCUT2D eigenvalue weighted by molar-refractivity contribution is 9.10. The van der Waals surface area contributed by atoms with Crippen molar-refractivity contribution in [1.82, 2.24) is 5.32 Å². The molecule has 1 nitrogen and oxygen atoms in total. The van der Waals surface area contributed by atoms with E-state index in [1.54, 1.807) is 17.4 Å². The molecule has 0 spiro atoms. The Morgan fingerprint density at radius 3 is 2.72 bits per heavy atom. The van der Waals surface area contributed by atoms with Crippen LogP contribution in [0.1, 0.15) is 24.1 Å². The molecular weight excluding hydrogens is 320 g/mol. The standard InChI is InChI=1S/C13H12BrF2NS/c1-2-17-13(8-5-6-18-7-8)9-3-4-10(15)12(16)11(9)14/h3-7,13,17H,2H2,1H3. The van der Waals surface area contributed by atoms with Gasteiger partial charge in [0, 0.05) is 0 Å². The summed E-state index contributed by atoms with van der Waals surface area (Å²) in [5.41, 5.74) is 1.75. The maximum absolute atomic E-state index is 13.6. The topological polar surface area (TPSA) is 12.0 Å². The van der Waals surface area contributed by atoms with E-state index in [4.69, 9.17) is 0 Å². The van der Waals surface area contributed by atoms with Crippen molar-refractivity contribution in [3.8, 4) is 0 Å². The first-order valence-corrected chi connectivity index (χ1v) is 7.27. The van der Waals surface area contributed by atoms with Crippen LogP contribution in [0.4, 0.5) is 8.78 Å². The number of thiophene rings is 1. The van der Waals surface area contributed by atoms with Gasteiger partial charge in [-0.25, -0.2) is 8.78 Å². The first-order chi connectivity index (χ1) is 8.65. The average molecular weight is 332 g/mol. The summed E-state index contributed by atoms with van der Waals surface area (Å²) < 4.78 is 26.9. The van der Waals surface area contributed by atoms with E-state index in [1.165, 1.54) is 0 Å². The lowest BCUT2D eigenvalue weighted by molar-refractivity contribution is 0.498. The molecule has 2 rings (SSSR count). The van der Waals surface area contributed by atoms with E-state index < -0.39 is 11.6 Å². The predicted octanol–water partition coefficient (Wildman–Crippen LogP) is 4.49. The number of hydrogen-bond donors (Lipinski definition) is 1. The zero-order chi connectivity index (χ0) is 13.1. The van der Waals surface area contributed by atoms with Gasteiger partial charge in [-0.15, -0.1) is 0 Å². The van der Waals surface area contributed by atoms with E-state index >= 15 is 0 Å². The minimum Gasteiger partial charge on any atom is -0.306 e. The largest absolute Gasteiger partial charge is 0.306 e. The Morgan fingerprint density at radius 1 is 1.33 bits per heavy atom. The van der Waals surface area contributed by atoms with E-state index in [0.717, 1.165) is 18.2 Å². The Bertz CT molecular complexity index is 528. The second kappa shape index (κ2) is 5.91. The summed E-state index contributed by atoms with van der Waals surface area (Å²) in [6.45, 7) is 2.72. The zero-order valence-corrected chi connectivity index (χ0v) is 12.1. The Kier molecular flexibility index (Phi) is 4.48. The number of halogens is 3. The van der Waals surface area contributed by atoms with Crippen molar-refractivity contribution in [2.24, 2.45) is 0 Å². The third kappa shape index (κ3) is 2.63. The number of benzene rings is 1. The molecule has 0 aliphatic carbocycles. The minimum atomic E-state index is -0.842. The van der Waals surface area contributed by atoms with Gasteiger partial charge >= 0.3 is 0 Å². The maximum Gasteiger partial charge on any atom is 0.173 e. The van der Waals surface area contributed by atoms with E-state index in [-0.39, 0.29) is 10.5 Å². The molecule has 1 heterocycles. The van der Waals surface area contributed by atoms with Gasteiger partial charge in [-0.1, -0.05) is 13.0 Å². The zero-order valence-electron chi connectivity index (χ0n) is 9.71. The minimum absolute atomic E-state index is 0.134. The highest BCUT2D eigenvalue weighted by Gasteiger charge is 2.20. The normalized spacial score (nSPS) is 12.7. The molecule has 1 aromatic carbocycles. The van der Waals surface area contributed by atoms with Crippen LogP contribution in [-0.2, 0) is 0 Å². The lowest BCUT2D eigenvalue weighted by atomic mass is 10.0. The van der Waals surface area contributed by atoms with Gasteiger partial charge in [0.1, 0.15) is 0 Å². The van der Waals surface area contributed by atoms with Crippen LogP contribution in [0.2, 0.25) is 0 Å². The molecule has 0 saturated carbocycles. The molecule has 96 valence electrons. The molecule has 1 unspecified atom stereocenters. The molecule has 0 bridgehead atoms. The third-order valence-electron chi connectivity index (χ3n) is 2.66. The Balaban J connectivity index is 2.47. The Labute approximate surface area is 117 Å². The monoisotopic (exact) mass is 331 g/mol. The van der Waals surface area contributed by atoms with Crippen molar-refractivity contribution < 1.29 is 8.78 Å². The van der Waals surface area contributed by atoms with Crippen LogP contribution in [0.5, 0.6) is 0 Å². The summed E-state index contributed by atoms with van der Waals surface area (Å²) in [5, 5.41) is 7.24. The molecule has 5 heteroatoms. The van der Waals surface area contributed by atoms with Gasteiger partial charge in [0.05, 0.1) is 10.5 Å². The summed E-state index contributed by atoms with van der Waals surface area (Å²) in [7, 11) is 0. The number of nitrogens with one attached hydrogen (secondary N) is 1. The van der Waals surface area contributed by atoms with Crippen LogP contribution in [0.25, 0.3) is 0 Å². The third-order valence-corrected chi connectivity index (χ3v) is 4.17. The Hall–Kier alpha value is -0.780. The van der Waals surface area contributed by atoms with Gasteiger partial charge in [0.2, 0.25) is 0 Å². The molecule has 18 heavy (non-hydrogen) atoms. The smallest absolute Gasteiger partial charge is 0.173 e. The summed E-state index contributed by atoms with van der Waals surface area (Å²) in [6, 6.07) is 4.61. The molecule has 1 N–H and O–H groups in total. The van der Waals surface area contributed by atoms with Gasteiger partial charge in [-0.2, -0.15) is 11.3 Å². The van der Waals surface area contributed by atoms with Gasteiger partial charge in [0.25, 0.3) is 0 Å². The van der Waals surface area contributed by atoms with Crippen molar-refractivity contribution in [2.75, 3.05) is 6.54 Å². The highest BCUT2D eigenvalue weighted by atomic mass is 79.9. The molecular formula is C13H12BrF2NS.